The minimum Gasteiger partial charge on any atom is -0.481 e. The van der Waals surface area contributed by atoms with Gasteiger partial charge in [0.15, 0.2) is 0 Å². The van der Waals surface area contributed by atoms with Crippen molar-refractivity contribution in [1.29, 1.82) is 0 Å². The molecule has 0 amide bonds. The normalized spacial score (nSPS) is 13.9. The highest BCUT2D eigenvalue weighted by Crippen LogP contribution is 2.28. The van der Waals surface area contributed by atoms with Gasteiger partial charge in [0.05, 0.1) is 12.3 Å². The molecule has 70 valence electrons. The van der Waals surface area contributed by atoms with E-state index in [1.165, 1.54) is 0 Å². The van der Waals surface area contributed by atoms with E-state index >= 15 is 0 Å². The van der Waals surface area contributed by atoms with Crippen LogP contribution in [0.15, 0.2) is 0 Å². The van der Waals surface area contributed by atoms with Crippen molar-refractivity contribution in [2.75, 3.05) is 0 Å². The maximum atomic E-state index is 10.6. The average molecular weight is 174 g/mol. The highest BCUT2D eigenvalue weighted by molar-refractivity contribution is 5.78. The summed E-state index contributed by atoms with van der Waals surface area (Å²) < 4.78 is 0. The van der Waals surface area contributed by atoms with Gasteiger partial charge < -0.3 is 10.2 Å². The van der Waals surface area contributed by atoms with E-state index in [-0.39, 0.29) is 6.42 Å². The zero-order valence-corrected chi connectivity index (χ0v) is 7.50. The van der Waals surface area contributed by atoms with Crippen LogP contribution in [0.5, 0.6) is 0 Å². The molecule has 0 aromatic heterocycles. The molecule has 0 aliphatic heterocycles. The van der Waals surface area contributed by atoms with Crippen LogP contribution >= 0.6 is 0 Å². The maximum absolute atomic E-state index is 10.6. The summed E-state index contributed by atoms with van der Waals surface area (Å²) in [6, 6.07) is 0. The Hall–Kier alpha value is -1.06. The molecule has 1 unspecified atom stereocenters. The Balaban J connectivity index is 4.46. The van der Waals surface area contributed by atoms with Crippen molar-refractivity contribution >= 4 is 11.9 Å². The molecular formula is C8H14O4. The van der Waals surface area contributed by atoms with Crippen molar-refractivity contribution in [1.82, 2.24) is 0 Å². The molecule has 0 spiro atoms. The fourth-order valence-electron chi connectivity index (χ4n) is 0.939. The second kappa shape index (κ2) is 3.56. The highest BCUT2D eigenvalue weighted by atomic mass is 16.4. The molecule has 0 radical (unpaired) electrons. The molecule has 0 rings (SSSR count). The molecule has 1 atom stereocenters. The average Bonchev–Trinajstić information content (AvgIpc) is 1.79. The summed E-state index contributed by atoms with van der Waals surface area (Å²) in [5, 5.41) is 17.1. The van der Waals surface area contributed by atoms with Crippen LogP contribution < -0.4 is 0 Å². The Bertz CT molecular complexity index is 190. The SMILES string of the molecule is CC(C)(C)C(CC(=O)O)C(=O)O. The van der Waals surface area contributed by atoms with Crippen LogP contribution in [0, 0.1) is 11.3 Å². The lowest BCUT2D eigenvalue weighted by Gasteiger charge is -2.25. The molecule has 2 N–H and O–H groups in total. The van der Waals surface area contributed by atoms with Crippen molar-refractivity contribution in [3.8, 4) is 0 Å². The van der Waals surface area contributed by atoms with Crippen molar-refractivity contribution < 1.29 is 19.8 Å². The number of carboxylic acids is 2. The third-order valence-electron chi connectivity index (χ3n) is 1.72. The largest absolute Gasteiger partial charge is 0.481 e. The Labute approximate surface area is 71.2 Å². The van der Waals surface area contributed by atoms with Crippen LogP contribution in [0.4, 0.5) is 0 Å². The summed E-state index contributed by atoms with van der Waals surface area (Å²) in [7, 11) is 0. The molecule has 4 nitrogen and oxygen atoms in total. The van der Waals surface area contributed by atoms with Crippen molar-refractivity contribution in [3.63, 3.8) is 0 Å². The summed E-state index contributed by atoms with van der Waals surface area (Å²) in [4.78, 5) is 20.9. The zero-order valence-electron chi connectivity index (χ0n) is 7.50. The molecule has 0 aliphatic carbocycles. The van der Waals surface area contributed by atoms with Crippen LogP contribution in [-0.4, -0.2) is 22.2 Å². The Morgan fingerprint density at radius 1 is 1.25 bits per heavy atom. The predicted molar refractivity (Wildman–Crippen MR) is 42.8 cm³/mol. The molecule has 0 aliphatic rings. The van der Waals surface area contributed by atoms with Gasteiger partial charge in [-0.1, -0.05) is 20.8 Å². The van der Waals surface area contributed by atoms with Gasteiger partial charge >= 0.3 is 11.9 Å². The number of carbonyl (C=O) groups is 2. The first-order valence-corrected chi connectivity index (χ1v) is 3.69. The van der Waals surface area contributed by atoms with Crippen LogP contribution in [-0.2, 0) is 9.59 Å². The minimum absolute atomic E-state index is 0.321. The van der Waals surface area contributed by atoms with E-state index in [2.05, 4.69) is 0 Å². The first-order chi connectivity index (χ1) is 5.25. The fraction of sp³-hybridized carbons (Fsp3) is 0.750. The molecule has 0 bridgehead atoms. The molecule has 12 heavy (non-hydrogen) atoms. The summed E-state index contributed by atoms with van der Waals surface area (Å²) in [5.41, 5.74) is -0.510. The van der Waals surface area contributed by atoms with Gasteiger partial charge in [0.2, 0.25) is 0 Å². The maximum Gasteiger partial charge on any atom is 0.307 e. The third kappa shape index (κ3) is 3.37. The van der Waals surface area contributed by atoms with Gasteiger partial charge in [-0.3, -0.25) is 9.59 Å². The molecule has 0 aromatic carbocycles. The smallest absolute Gasteiger partial charge is 0.307 e. The second-order valence-corrected chi connectivity index (χ2v) is 3.85. The molecule has 0 heterocycles. The predicted octanol–water partition coefficient (Wildman–Crippen LogP) is 1.21. The van der Waals surface area contributed by atoms with Crippen molar-refractivity contribution in [2.24, 2.45) is 11.3 Å². The molecule has 0 fully saturated rings. The summed E-state index contributed by atoms with van der Waals surface area (Å²) in [6.07, 6.45) is -0.321. The van der Waals surface area contributed by atoms with Gasteiger partial charge in [-0.25, -0.2) is 0 Å². The lowest BCUT2D eigenvalue weighted by molar-refractivity contribution is -0.152. The van der Waals surface area contributed by atoms with E-state index in [4.69, 9.17) is 10.2 Å². The number of hydrogen-bond acceptors (Lipinski definition) is 2. The van der Waals surface area contributed by atoms with Crippen molar-refractivity contribution in [3.05, 3.63) is 0 Å². The van der Waals surface area contributed by atoms with Gasteiger partial charge in [0, 0.05) is 0 Å². The first-order valence-electron chi connectivity index (χ1n) is 3.69. The molecule has 0 aromatic rings. The van der Waals surface area contributed by atoms with Gasteiger partial charge in [-0.15, -0.1) is 0 Å². The number of aliphatic carboxylic acids is 2. The van der Waals surface area contributed by atoms with E-state index < -0.39 is 23.3 Å². The number of hydrogen-bond donors (Lipinski definition) is 2. The van der Waals surface area contributed by atoms with E-state index in [1.54, 1.807) is 20.8 Å². The fourth-order valence-corrected chi connectivity index (χ4v) is 0.939. The zero-order chi connectivity index (χ0) is 9.94. The summed E-state index contributed by atoms with van der Waals surface area (Å²) >= 11 is 0. The molecule has 0 saturated carbocycles. The van der Waals surface area contributed by atoms with Crippen LogP contribution in [0.25, 0.3) is 0 Å². The summed E-state index contributed by atoms with van der Waals surface area (Å²) in [5.74, 6) is -2.95. The molecular weight excluding hydrogens is 160 g/mol. The quantitative estimate of drug-likeness (QED) is 0.674. The van der Waals surface area contributed by atoms with Gasteiger partial charge in [0.25, 0.3) is 0 Å². The first kappa shape index (κ1) is 10.9. The molecule has 0 saturated heterocycles. The van der Waals surface area contributed by atoms with Crippen LogP contribution in [0.1, 0.15) is 27.2 Å². The third-order valence-corrected chi connectivity index (χ3v) is 1.72. The Kier molecular flexibility index (Phi) is 3.24. The van der Waals surface area contributed by atoms with E-state index in [0.29, 0.717) is 0 Å². The minimum atomic E-state index is -1.07. The van der Waals surface area contributed by atoms with E-state index in [0.717, 1.165) is 0 Å². The van der Waals surface area contributed by atoms with Crippen molar-refractivity contribution in [2.45, 2.75) is 27.2 Å². The Morgan fingerprint density at radius 2 is 1.67 bits per heavy atom. The lowest BCUT2D eigenvalue weighted by Crippen LogP contribution is -2.30. The second-order valence-electron chi connectivity index (χ2n) is 3.85. The standard InChI is InChI=1S/C8H14O4/c1-8(2,3)5(7(11)12)4-6(9)10/h5H,4H2,1-3H3,(H,9,10)(H,11,12). The number of rotatable bonds is 3. The van der Waals surface area contributed by atoms with Gasteiger partial charge in [0.1, 0.15) is 0 Å². The molecule has 4 heteroatoms. The Morgan fingerprint density at radius 3 is 1.75 bits per heavy atom. The lowest BCUT2D eigenvalue weighted by atomic mass is 9.79. The van der Waals surface area contributed by atoms with Crippen LogP contribution in [0.3, 0.4) is 0 Å². The van der Waals surface area contributed by atoms with Crippen LogP contribution in [0.2, 0.25) is 0 Å². The van der Waals surface area contributed by atoms with Gasteiger partial charge in [-0.2, -0.15) is 0 Å². The van der Waals surface area contributed by atoms with E-state index in [1.807, 2.05) is 0 Å². The monoisotopic (exact) mass is 174 g/mol. The summed E-state index contributed by atoms with van der Waals surface area (Å²) in [6.45, 7) is 5.15. The topological polar surface area (TPSA) is 74.6 Å². The highest BCUT2D eigenvalue weighted by Gasteiger charge is 2.32. The van der Waals surface area contributed by atoms with E-state index in [9.17, 15) is 9.59 Å². The number of carboxylic acid groups (broad SMARTS) is 2. The van der Waals surface area contributed by atoms with Gasteiger partial charge in [-0.05, 0) is 5.41 Å².